The van der Waals surface area contributed by atoms with Gasteiger partial charge in [-0.25, -0.2) is 0 Å². The van der Waals surface area contributed by atoms with Crippen LogP contribution in [0.3, 0.4) is 0 Å². The maximum absolute atomic E-state index is 13.4. The topological polar surface area (TPSA) is 66.9 Å². The number of methoxy groups -OCH3 is 1. The fourth-order valence-electron chi connectivity index (χ4n) is 4.21. The van der Waals surface area contributed by atoms with E-state index in [2.05, 4.69) is 15.9 Å². The molecule has 0 spiro atoms. The number of hydrogen-bond acceptors (Lipinski definition) is 4. The number of hydrogen-bond donors (Lipinski definition) is 0. The quantitative estimate of drug-likeness (QED) is 0.637. The van der Waals surface area contributed by atoms with Crippen molar-refractivity contribution in [3.8, 4) is 5.75 Å². The van der Waals surface area contributed by atoms with Crippen molar-refractivity contribution < 1.29 is 19.1 Å². The van der Waals surface area contributed by atoms with E-state index in [0.29, 0.717) is 12.2 Å². The van der Waals surface area contributed by atoms with Crippen LogP contribution in [0.1, 0.15) is 37.8 Å². The normalized spacial score (nSPS) is 20.5. The molecule has 0 N–H and O–H groups in total. The summed E-state index contributed by atoms with van der Waals surface area (Å²) in [6.45, 7) is 3.92. The number of benzene rings is 2. The number of ether oxygens (including phenoxy) is 1. The summed E-state index contributed by atoms with van der Waals surface area (Å²) in [6, 6.07) is 12.3. The lowest BCUT2D eigenvalue weighted by Crippen LogP contribution is -2.56. The first kappa shape index (κ1) is 20.6. The Morgan fingerprint density at radius 3 is 2.47 bits per heavy atom. The first-order valence-electron chi connectivity index (χ1n) is 9.85. The molecule has 2 aromatic rings. The van der Waals surface area contributed by atoms with Crippen molar-refractivity contribution in [2.75, 3.05) is 12.0 Å². The van der Waals surface area contributed by atoms with Crippen LogP contribution in [-0.4, -0.2) is 35.8 Å². The Hall–Kier alpha value is -2.67. The first-order chi connectivity index (χ1) is 14.2. The fraction of sp³-hybridized carbons (Fsp3) is 0.348. The third-order valence-electron chi connectivity index (χ3n) is 5.94. The predicted octanol–water partition coefficient (Wildman–Crippen LogP) is 3.80. The van der Waals surface area contributed by atoms with Crippen LogP contribution in [-0.2, 0) is 26.3 Å². The Balaban J connectivity index is 1.65. The van der Waals surface area contributed by atoms with Crippen LogP contribution in [0.5, 0.6) is 5.75 Å². The zero-order chi connectivity index (χ0) is 21.6. The van der Waals surface area contributed by atoms with Gasteiger partial charge >= 0.3 is 0 Å². The van der Waals surface area contributed by atoms with Crippen LogP contribution >= 0.6 is 15.9 Å². The van der Waals surface area contributed by atoms with E-state index in [9.17, 15) is 14.4 Å². The van der Waals surface area contributed by atoms with Gasteiger partial charge in [0.25, 0.3) is 5.91 Å². The summed E-state index contributed by atoms with van der Waals surface area (Å²) < 4.78 is 6.00. The molecule has 0 bridgehead atoms. The highest BCUT2D eigenvalue weighted by Gasteiger charge is 2.50. The zero-order valence-corrected chi connectivity index (χ0v) is 18.7. The zero-order valence-electron chi connectivity index (χ0n) is 17.1. The van der Waals surface area contributed by atoms with Gasteiger partial charge in [-0.2, -0.15) is 0 Å². The monoisotopic (exact) mass is 470 g/mol. The molecule has 0 saturated carbocycles. The molecular formula is C23H23BrN2O4. The number of likely N-dealkylation sites (tertiary alicyclic amines) is 1. The lowest BCUT2D eigenvalue weighted by Gasteiger charge is -2.36. The van der Waals surface area contributed by atoms with E-state index in [1.807, 2.05) is 44.2 Å². The second-order valence-corrected chi connectivity index (χ2v) is 9.10. The van der Waals surface area contributed by atoms with Crippen molar-refractivity contribution >= 4 is 39.3 Å². The van der Waals surface area contributed by atoms with E-state index in [1.165, 1.54) is 4.90 Å². The molecular weight excluding hydrogens is 448 g/mol. The van der Waals surface area contributed by atoms with Gasteiger partial charge in [-0.1, -0.05) is 34.1 Å². The van der Waals surface area contributed by atoms with Gasteiger partial charge in [-0.3, -0.25) is 24.2 Å². The summed E-state index contributed by atoms with van der Waals surface area (Å²) in [5, 5.41) is 0. The molecule has 1 fully saturated rings. The van der Waals surface area contributed by atoms with E-state index in [0.717, 1.165) is 21.3 Å². The molecule has 0 aromatic heterocycles. The highest BCUT2D eigenvalue weighted by atomic mass is 79.9. The van der Waals surface area contributed by atoms with Gasteiger partial charge in [-0.05, 0) is 55.7 Å². The number of fused-ring (bicyclic) bond motifs is 1. The molecule has 3 amide bonds. The smallest absolute Gasteiger partial charge is 0.252 e. The summed E-state index contributed by atoms with van der Waals surface area (Å²) in [5.41, 5.74) is 1.73. The maximum atomic E-state index is 13.4. The van der Waals surface area contributed by atoms with Gasteiger partial charge in [0.2, 0.25) is 11.8 Å². The number of rotatable bonds is 4. The molecule has 1 saturated heterocycles. The van der Waals surface area contributed by atoms with Crippen LogP contribution in [0.15, 0.2) is 46.9 Å². The van der Waals surface area contributed by atoms with E-state index in [-0.39, 0.29) is 30.7 Å². The second kappa shape index (κ2) is 7.54. The minimum absolute atomic E-state index is 0.118. The van der Waals surface area contributed by atoms with Crippen molar-refractivity contribution in [2.45, 2.75) is 44.7 Å². The molecule has 1 unspecified atom stereocenters. The number of piperidine rings is 1. The lowest BCUT2D eigenvalue weighted by atomic mass is 9.86. The summed E-state index contributed by atoms with van der Waals surface area (Å²) in [5.74, 6) is 0.0409. The number of nitrogens with zero attached hydrogens (tertiary/aromatic N) is 2. The van der Waals surface area contributed by atoms with Gasteiger partial charge < -0.3 is 4.74 Å². The number of halogens is 1. The predicted molar refractivity (Wildman–Crippen MR) is 116 cm³/mol. The lowest BCUT2D eigenvalue weighted by molar-refractivity contribution is -0.150. The average molecular weight is 471 g/mol. The summed E-state index contributed by atoms with van der Waals surface area (Å²) in [7, 11) is 1.59. The van der Waals surface area contributed by atoms with Crippen molar-refractivity contribution in [3.63, 3.8) is 0 Å². The molecule has 6 nitrogen and oxygen atoms in total. The van der Waals surface area contributed by atoms with Crippen molar-refractivity contribution in [1.82, 2.24) is 4.90 Å². The van der Waals surface area contributed by atoms with Crippen LogP contribution in [0.4, 0.5) is 5.69 Å². The molecule has 1 atom stereocenters. The van der Waals surface area contributed by atoms with Crippen molar-refractivity contribution in [3.05, 3.63) is 58.1 Å². The van der Waals surface area contributed by atoms with Gasteiger partial charge in [0.05, 0.1) is 19.1 Å². The minimum atomic E-state index is -0.724. The highest BCUT2D eigenvalue weighted by molar-refractivity contribution is 9.10. The van der Waals surface area contributed by atoms with E-state index in [1.54, 1.807) is 24.1 Å². The Morgan fingerprint density at radius 1 is 1.10 bits per heavy atom. The first-order valence-corrected chi connectivity index (χ1v) is 10.6. The highest BCUT2D eigenvalue weighted by Crippen LogP contribution is 2.45. The molecule has 0 aliphatic carbocycles. The summed E-state index contributed by atoms with van der Waals surface area (Å²) in [6.07, 6.45) is 0.546. The van der Waals surface area contributed by atoms with Crippen molar-refractivity contribution in [1.29, 1.82) is 0 Å². The number of anilines is 1. The standard InChI is InChI=1S/C23H23BrN2O4/c1-23(2)17-9-6-15(24)12-19(17)26(22(23)29)18-10-11-20(27)25(21(18)28)13-14-4-7-16(30-3)8-5-14/h4-9,12,18H,10-11,13H2,1-3H3. The van der Waals surface area contributed by atoms with Gasteiger partial charge in [0.1, 0.15) is 11.8 Å². The molecule has 2 aliphatic heterocycles. The van der Waals surface area contributed by atoms with E-state index < -0.39 is 11.5 Å². The Labute approximate surface area is 183 Å². The van der Waals surface area contributed by atoms with Crippen LogP contribution in [0, 0.1) is 0 Å². The van der Waals surface area contributed by atoms with E-state index in [4.69, 9.17) is 4.74 Å². The fourth-order valence-corrected chi connectivity index (χ4v) is 4.56. The molecule has 2 aliphatic rings. The average Bonchev–Trinajstić information content (AvgIpc) is 2.91. The minimum Gasteiger partial charge on any atom is -0.497 e. The molecule has 2 heterocycles. The molecule has 7 heteroatoms. The Kier molecular flexibility index (Phi) is 5.18. The SMILES string of the molecule is COc1ccc(CN2C(=O)CCC(N3C(=O)C(C)(C)c4ccc(Br)cc43)C2=O)cc1. The number of imide groups is 1. The van der Waals surface area contributed by atoms with Gasteiger partial charge in [-0.15, -0.1) is 0 Å². The van der Waals surface area contributed by atoms with Gasteiger partial charge in [0.15, 0.2) is 0 Å². The third kappa shape index (κ3) is 3.31. The Morgan fingerprint density at radius 2 is 1.80 bits per heavy atom. The van der Waals surface area contributed by atoms with Crippen LogP contribution < -0.4 is 9.64 Å². The molecule has 0 radical (unpaired) electrons. The molecule has 2 aromatic carbocycles. The summed E-state index contributed by atoms with van der Waals surface area (Å²) in [4.78, 5) is 42.1. The third-order valence-corrected chi connectivity index (χ3v) is 6.43. The van der Waals surface area contributed by atoms with Crippen LogP contribution in [0.25, 0.3) is 0 Å². The van der Waals surface area contributed by atoms with E-state index >= 15 is 0 Å². The molecule has 4 rings (SSSR count). The second-order valence-electron chi connectivity index (χ2n) is 8.18. The summed E-state index contributed by atoms with van der Waals surface area (Å²) >= 11 is 3.47. The van der Waals surface area contributed by atoms with Crippen molar-refractivity contribution in [2.24, 2.45) is 0 Å². The van der Waals surface area contributed by atoms with Crippen LogP contribution in [0.2, 0.25) is 0 Å². The number of amides is 3. The maximum Gasteiger partial charge on any atom is 0.252 e. The molecule has 156 valence electrons. The number of carbonyl (C=O) groups excluding carboxylic acids is 3. The molecule has 30 heavy (non-hydrogen) atoms. The number of carbonyl (C=O) groups is 3. The Bertz CT molecular complexity index is 1030. The largest absolute Gasteiger partial charge is 0.497 e. The van der Waals surface area contributed by atoms with Gasteiger partial charge in [0, 0.05) is 16.6 Å².